The molecule has 1 aliphatic heterocycles. The molecule has 0 spiro atoms. The van der Waals surface area contributed by atoms with Gasteiger partial charge in [0.05, 0.1) is 12.0 Å². The van der Waals surface area contributed by atoms with Gasteiger partial charge in [0.1, 0.15) is 6.61 Å². The summed E-state index contributed by atoms with van der Waals surface area (Å²) in [6, 6.07) is 0. The van der Waals surface area contributed by atoms with Gasteiger partial charge in [0.15, 0.2) is 0 Å². The maximum Gasteiger partial charge on any atom is 0.287 e. The third kappa shape index (κ3) is 3.61. The zero-order valence-electron chi connectivity index (χ0n) is 10.1. The van der Waals surface area contributed by atoms with Crippen LogP contribution in [0.3, 0.4) is 0 Å². The Bertz CT molecular complexity index is 266. The predicted octanol–water partition coefficient (Wildman–Crippen LogP) is 0.510. The number of hydrogen-bond donors (Lipinski definition) is 3. The Labute approximate surface area is 99.8 Å². The summed E-state index contributed by atoms with van der Waals surface area (Å²) < 4.78 is 25.7. The van der Waals surface area contributed by atoms with Crippen LogP contribution >= 0.6 is 0 Å². The molecular weight excluding hydrogens is 230 g/mol. The van der Waals surface area contributed by atoms with E-state index in [0.717, 1.165) is 13.0 Å². The van der Waals surface area contributed by atoms with Crippen molar-refractivity contribution in [1.82, 2.24) is 10.6 Å². The van der Waals surface area contributed by atoms with Crippen LogP contribution in [0.1, 0.15) is 26.2 Å². The van der Waals surface area contributed by atoms with E-state index in [2.05, 4.69) is 10.6 Å². The number of halogens is 2. The molecule has 1 rings (SSSR count). The molecule has 1 fully saturated rings. The van der Waals surface area contributed by atoms with Crippen LogP contribution in [0, 0.1) is 5.41 Å². The molecule has 0 aromatic carbocycles. The maximum absolute atomic E-state index is 12.8. The van der Waals surface area contributed by atoms with Gasteiger partial charge in [-0.25, -0.2) is 8.78 Å². The topological polar surface area (TPSA) is 61.4 Å². The number of nitrogens with one attached hydrogen (secondary N) is 2. The van der Waals surface area contributed by atoms with Gasteiger partial charge >= 0.3 is 0 Å². The lowest BCUT2D eigenvalue weighted by Crippen LogP contribution is -2.47. The van der Waals surface area contributed by atoms with Crippen molar-refractivity contribution < 1.29 is 18.7 Å². The van der Waals surface area contributed by atoms with Crippen LogP contribution in [0.15, 0.2) is 0 Å². The first-order chi connectivity index (χ1) is 7.96. The number of carbonyl (C=O) groups excluding carboxylic acids is 1. The lowest BCUT2D eigenvalue weighted by atomic mass is 9.81. The molecule has 0 saturated carbocycles. The molecule has 4 nitrogen and oxygen atoms in total. The lowest BCUT2D eigenvalue weighted by molar-refractivity contribution is -0.133. The summed E-state index contributed by atoms with van der Waals surface area (Å²) in [6.45, 7) is 1.21. The van der Waals surface area contributed by atoms with Gasteiger partial charge in [0.2, 0.25) is 5.91 Å². The second-order valence-electron chi connectivity index (χ2n) is 4.65. The van der Waals surface area contributed by atoms with E-state index in [4.69, 9.17) is 5.11 Å². The Morgan fingerprint density at radius 1 is 1.59 bits per heavy atom. The van der Waals surface area contributed by atoms with E-state index in [1.165, 1.54) is 0 Å². The third-order valence-electron chi connectivity index (χ3n) is 3.19. The quantitative estimate of drug-likeness (QED) is 0.643. The summed E-state index contributed by atoms with van der Waals surface area (Å²) in [6.07, 6.45) is 2.21. The summed E-state index contributed by atoms with van der Waals surface area (Å²) in [5.41, 5.74) is -0.555. The molecule has 0 radical (unpaired) electrons. The van der Waals surface area contributed by atoms with Crippen LogP contribution in [-0.4, -0.2) is 43.2 Å². The highest BCUT2D eigenvalue weighted by atomic mass is 19.3. The molecule has 17 heavy (non-hydrogen) atoms. The summed E-state index contributed by atoms with van der Waals surface area (Å²) in [5, 5.41) is 13.8. The maximum atomic E-state index is 12.8. The standard InChI is InChI=1S/C11H20F2N2O2/c1-2-3-10(4-5-14-6-10)9(17)15-7-11(12,13)8-16/h14,16H,2-8H2,1H3,(H,15,17). The van der Waals surface area contributed by atoms with Crippen molar-refractivity contribution in [2.75, 3.05) is 26.2 Å². The Morgan fingerprint density at radius 2 is 2.29 bits per heavy atom. The number of aliphatic hydroxyl groups excluding tert-OH is 1. The Morgan fingerprint density at radius 3 is 2.76 bits per heavy atom. The SMILES string of the molecule is CCCC1(C(=O)NCC(F)(F)CO)CCNC1. The zero-order valence-corrected chi connectivity index (χ0v) is 10.1. The van der Waals surface area contributed by atoms with E-state index >= 15 is 0 Å². The van der Waals surface area contributed by atoms with Gasteiger partial charge in [-0.15, -0.1) is 0 Å². The Hall–Kier alpha value is -0.750. The van der Waals surface area contributed by atoms with Crippen molar-refractivity contribution in [2.24, 2.45) is 5.41 Å². The van der Waals surface area contributed by atoms with Crippen molar-refractivity contribution in [3.8, 4) is 0 Å². The van der Waals surface area contributed by atoms with Crippen LogP contribution < -0.4 is 10.6 Å². The summed E-state index contributed by atoms with van der Waals surface area (Å²) in [7, 11) is 0. The highest BCUT2D eigenvalue weighted by Gasteiger charge is 2.41. The van der Waals surface area contributed by atoms with Crippen LogP contribution in [0.25, 0.3) is 0 Å². The molecule has 1 atom stereocenters. The first kappa shape index (κ1) is 14.3. The van der Waals surface area contributed by atoms with Crippen LogP contribution in [0.4, 0.5) is 8.78 Å². The van der Waals surface area contributed by atoms with Crippen LogP contribution in [0.2, 0.25) is 0 Å². The second-order valence-corrected chi connectivity index (χ2v) is 4.65. The molecule has 1 aliphatic rings. The number of aliphatic hydroxyl groups is 1. The third-order valence-corrected chi connectivity index (χ3v) is 3.19. The molecule has 0 bridgehead atoms. The van der Waals surface area contributed by atoms with Crippen molar-refractivity contribution in [3.05, 3.63) is 0 Å². The van der Waals surface area contributed by atoms with E-state index < -0.39 is 24.5 Å². The summed E-state index contributed by atoms with van der Waals surface area (Å²) >= 11 is 0. The van der Waals surface area contributed by atoms with E-state index in [-0.39, 0.29) is 5.91 Å². The molecule has 1 amide bonds. The van der Waals surface area contributed by atoms with Crippen molar-refractivity contribution in [3.63, 3.8) is 0 Å². The van der Waals surface area contributed by atoms with E-state index in [1.54, 1.807) is 0 Å². The molecular formula is C11H20F2N2O2. The molecule has 100 valence electrons. The van der Waals surface area contributed by atoms with Gasteiger partial charge in [-0.2, -0.15) is 0 Å². The first-order valence-corrected chi connectivity index (χ1v) is 5.93. The van der Waals surface area contributed by atoms with Gasteiger partial charge in [-0.1, -0.05) is 13.3 Å². The first-order valence-electron chi connectivity index (χ1n) is 5.93. The zero-order chi connectivity index (χ0) is 12.9. The molecule has 0 aromatic heterocycles. The molecule has 1 saturated heterocycles. The summed E-state index contributed by atoms with van der Waals surface area (Å²) in [5.74, 6) is -3.58. The van der Waals surface area contributed by atoms with Gasteiger partial charge in [-0.05, 0) is 19.4 Å². The van der Waals surface area contributed by atoms with Gasteiger partial charge in [0.25, 0.3) is 5.92 Å². The summed E-state index contributed by atoms with van der Waals surface area (Å²) in [4.78, 5) is 12.0. The lowest BCUT2D eigenvalue weighted by Gasteiger charge is -2.27. The Balaban J connectivity index is 2.55. The van der Waals surface area contributed by atoms with E-state index in [9.17, 15) is 13.6 Å². The van der Waals surface area contributed by atoms with Gasteiger partial charge in [-0.3, -0.25) is 4.79 Å². The second kappa shape index (κ2) is 5.73. The average molecular weight is 250 g/mol. The Kier molecular flexibility index (Phi) is 4.82. The minimum absolute atomic E-state index is 0.336. The fraction of sp³-hybridized carbons (Fsp3) is 0.909. The number of rotatable bonds is 6. The van der Waals surface area contributed by atoms with Crippen molar-refractivity contribution in [2.45, 2.75) is 32.1 Å². The average Bonchev–Trinajstić information content (AvgIpc) is 2.76. The van der Waals surface area contributed by atoms with Gasteiger partial charge in [0, 0.05) is 6.54 Å². The van der Waals surface area contributed by atoms with E-state index in [1.807, 2.05) is 6.92 Å². The molecule has 6 heteroatoms. The highest BCUT2D eigenvalue weighted by Crippen LogP contribution is 2.31. The van der Waals surface area contributed by atoms with E-state index in [0.29, 0.717) is 19.4 Å². The fourth-order valence-electron chi connectivity index (χ4n) is 2.20. The largest absolute Gasteiger partial charge is 0.390 e. The minimum Gasteiger partial charge on any atom is -0.390 e. The van der Waals surface area contributed by atoms with Crippen LogP contribution in [0.5, 0.6) is 0 Å². The van der Waals surface area contributed by atoms with Crippen LogP contribution in [-0.2, 0) is 4.79 Å². The van der Waals surface area contributed by atoms with Crippen molar-refractivity contribution >= 4 is 5.91 Å². The van der Waals surface area contributed by atoms with Gasteiger partial charge < -0.3 is 15.7 Å². The monoisotopic (exact) mass is 250 g/mol. The number of amides is 1. The normalized spacial score (nSPS) is 24.9. The number of alkyl halides is 2. The minimum atomic E-state index is -3.24. The number of hydrogen-bond acceptors (Lipinski definition) is 3. The number of carbonyl (C=O) groups is 1. The fourth-order valence-corrected chi connectivity index (χ4v) is 2.20. The molecule has 0 aliphatic carbocycles. The smallest absolute Gasteiger partial charge is 0.287 e. The predicted molar refractivity (Wildman–Crippen MR) is 59.9 cm³/mol. The molecule has 1 unspecified atom stereocenters. The molecule has 3 N–H and O–H groups in total. The molecule has 0 aromatic rings. The molecule has 1 heterocycles. The highest BCUT2D eigenvalue weighted by molar-refractivity contribution is 5.83. The van der Waals surface area contributed by atoms with Crippen molar-refractivity contribution in [1.29, 1.82) is 0 Å².